The molecule has 0 radical (unpaired) electrons. The first-order valence-electron chi connectivity index (χ1n) is 10.0. The smallest absolute Gasteiger partial charge is 0.290 e. The second-order valence-corrected chi connectivity index (χ2v) is 9.87. The fourth-order valence-corrected chi connectivity index (χ4v) is 4.46. The number of carbonyl (C=O) groups excluding carboxylic acids is 2. The van der Waals surface area contributed by atoms with Crippen molar-refractivity contribution >= 4 is 28.3 Å². The van der Waals surface area contributed by atoms with Crippen LogP contribution in [0.25, 0.3) is 0 Å². The summed E-state index contributed by atoms with van der Waals surface area (Å²) in [6.07, 6.45) is 3.42. The number of likely N-dealkylation sites (tertiary alicyclic amines) is 1. The van der Waals surface area contributed by atoms with Gasteiger partial charge in [0.1, 0.15) is 0 Å². The first kappa shape index (κ1) is 26.1. The molecule has 0 spiro atoms. The van der Waals surface area contributed by atoms with Crippen LogP contribution in [0.2, 0.25) is 0 Å². The molecule has 1 N–H and O–H groups in total. The van der Waals surface area contributed by atoms with E-state index in [1.807, 2.05) is 4.90 Å². The van der Waals surface area contributed by atoms with E-state index in [2.05, 4.69) is 11.5 Å². The average Bonchev–Trinajstić information content (AvgIpc) is 2.89. The number of sulfonamides is 1. The van der Waals surface area contributed by atoms with Gasteiger partial charge >= 0.3 is 0 Å². The SMILES string of the molecule is C=CCN1CC(C(=O)N2CCCN(CCCS(=O)(=O)N(C)C)CC2)CC1=O.O=CO. The van der Waals surface area contributed by atoms with Crippen LogP contribution >= 0.6 is 0 Å². The highest BCUT2D eigenvalue weighted by Crippen LogP contribution is 2.21. The molecule has 2 amide bonds. The van der Waals surface area contributed by atoms with Crippen molar-refractivity contribution in [1.29, 1.82) is 0 Å². The fourth-order valence-electron chi connectivity index (χ4n) is 3.60. The predicted molar refractivity (Wildman–Crippen MR) is 113 cm³/mol. The Hall–Kier alpha value is -1.98. The van der Waals surface area contributed by atoms with Gasteiger partial charge in [-0.05, 0) is 25.9 Å². The molecule has 11 heteroatoms. The third kappa shape index (κ3) is 8.04. The lowest BCUT2D eigenvalue weighted by molar-refractivity contribution is -0.135. The summed E-state index contributed by atoms with van der Waals surface area (Å²) in [4.78, 5) is 38.9. The van der Waals surface area contributed by atoms with Gasteiger partial charge in [0.2, 0.25) is 21.8 Å². The molecule has 0 aliphatic carbocycles. The van der Waals surface area contributed by atoms with Crippen LogP contribution in [0.4, 0.5) is 0 Å². The Kier molecular flexibility index (Phi) is 11.0. The van der Waals surface area contributed by atoms with Crippen LogP contribution in [0.5, 0.6) is 0 Å². The lowest BCUT2D eigenvalue weighted by atomic mass is 10.1. The van der Waals surface area contributed by atoms with Gasteiger partial charge in [-0.2, -0.15) is 0 Å². The summed E-state index contributed by atoms with van der Waals surface area (Å²) in [7, 11) is -0.0595. The van der Waals surface area contributed by atoms with Crippen molar-refractivity contribution in [2.75, 3.05) is 65.7 Å². The van der Waals surface area contributed by atoms with Gasteiger partial charge in [0.15, 0.2) is 0 Å². The number of hydrogen-bond acceptors (Lipinski definition) is 6. The first-order valence-corrected chi connectivity index (χ1v) is 11.6. The van der Waals surface area contributed by atoms with E-state index < -0.39 is 10.0 Å². The summed E-state index contributed by atoms with van der Waals surface area (Å²) in [5, 5.41) is 6.89. The van der Waals surface area contributed by atoms with Gasteiger partial charge in [0.05, 0.1) is 11.7 Å². The van der Waals surface area contributed by atoms with E-state index in [4.69, 9.17) is 9.90 Å². The third-order valence-corrected chi connectivity index (χ3v) is 7.16. The molecule has 2 aliphatic rings. The maximum atomic E-state index is 12.8. The number of hydrogen-bond donors (Lipinski definition) is 1. The molecule has 10 nitrogen and oxygen atoms in total. The van der Waals surface area contributed by atoms with Gasteiger partial charge in [-0.3, -0.25) is 14.4 Å². The van der Waals surface area contributed by atoms with E-state index >= 15 is 0 Å². The highest BCUT2D eigenvalue weighted by molar-refractivity contribution is 7.89. The number of carboxylic acid groups (broad SMARTS) is 1. The van der Waals surface area contributed by atoms with Crippen LogP contribution in [-0.4, -0.2) is 116 Å². The van der Waals surface area contributed by atoms with Gasteiger partial charge in [0.25, 0.3) is 6.47 Å². The molecule has 2 saturated heterocycles. The Balaban J connectivity index is 0.00000141. The lowest BCUT2D eigenvalue weighted by Gasteiger charge is -2.24. The second kappa shape index (κ2) is 12.7. The Morgan fingerprint density at radius 1 is 1.27 bits per heavy atom. The average molecular weight is 447 g/mol. The van der Waals surface area contributed by atoms with Crippen molar-refractivity contribution in [3.05, 3.63) is 12.7 Å². The van der Waals surface area contributed by atoms with E-state index in [-0.39, 0.29) is 36.4 Å². The molecule has 0 aromatic heterocycles. The largest absolute Gasteiger partial charge is 0.483 e. The molecule has 0 aromatic carbocycles. The molecule has 0 saturated carbocycles. The molecule has 2 heterocycles. The maximum Gasteiger partial charge on any atom is 0.290 e. The summed E-state index contributed by atoms with van der Waals surface area (Å²) in [5.41, 5.74) is 0. The minimum absolute atomic E-state index is 0.0202. The van der Waals surface area contributed by atoms with Gasteiger partial charge < -0.3 is 19.8 Å². The standard InChI is InChI=1S/C18H32N4O4S.CH2O2/c1-4-7-22-15-16(14-17(22)23)18(24)21-10-5-8-20(11-12-21)9-6-13-27(25,26)19(2)3;2-1-3/h4,16H,1,5-15H2,2-3H3;1H,(H,2,3). The van der Waals surface area contributed by atoms with E-state index in [9.17, 15) is 18.0 Å². The van der Waals surface area contributed by atoms with Crippen LogP contribution in [-0.2, 0) is 24.4 Å². The molecule has 0 aromatic rings. The molecule has 1 unspecified atom stereocenters. The normalized spacial score (nSPS) is 20.5. The monoisotopic (exact) mass is 446 g/mol. The number of nitrogens with zero attached hydrogens (tertiary/aromatic N) is 4. The van der Waals surface area contributed by atoms with E-state index in [1.54, 1.807) is 25.1 Å². The second-order valence-electron chi connectivity index (χ2n) is 7.57. The summed E-state index contributed by atoms with van der Waals surface area (Å²) >= 11 is 0. The molecule has 1 atom stereocenters. The minimum Gasteiger partial charge on any atom is -0.483 e. The molecule has 0 bridgehead atoms. The van der Waals surface area contributed by atoms with Crippen molar-refractivity contribution in [1.82, 2.24) is 19.0 Å². The van der Waals surface area contributed by atoms with Crippen LogP contribution in [0.3, 0.4) is 0 Å². The number of carbonyl (C=O) groups is 3. The predicted octanol–water partition coefficient (Wildman–Crippen LogP) is -0.462. The van der Waals surface area contributed by atoms with Crippen molar-refractivity contribution in [3.63, 3.8) is 0 Å². The Labute approximate surface area is 179 Å². The van der Waals surface area contributed by atoms with E-state index in [0.717, 1.165) is 19.5 Å². The lowest BCUT2D eigenvalue weighted by Crippen LogP contribution is -2.40. The fraction of sp³-hybridized carbons (Fsp3) is 0.737. The van der Waals surface area contributed by atoms with Crippen LogP contribution < -0.4 is 0 Å². The molecule has 2 rings (SSSR count). The van der Waals surface area contributed by atoms with Crippen LogP contribution in [0.1, 0.15) is 19.3 Å². The summed E-state index contributed by atoms with van der Waals surface area (Å²) in [5.74, 6) is -0.0318. The van der Waals surface area contributed by atoms with Crippen molar-refractivity contribution in [2.24, 2.45) is 5.92 Å². The third-order valence-electron chi connectivity index (χ3n) is 5.25. The summed E-state index contributed by atoms with van der Waals surface area (Å²) in [6, 6.07) is 0. The Morgan fingerprint density at radius 3 is 2.53 bits per heavy atom. The molecular weight excluding hydrogens is 412 g/mol. The van der Waals surface area contributed by atoms with Gasteiger partial charge in [-0.25, -0.2) is 12.7 Å². The van der Waals surface area contributed by atoms with Gasteiger partial charge in [-0.1, -0.05) is 6.08 Å². The number of amides is 2. The first-order chi connectivity index (χ1) is 14.2. The zero-order chi connectivity index (χ0) is 22.7. The summed E-state index contributed by atoms with van der Waals surface area (Å²) < 4.78 is 24.9. The Bertz CT molecular complexity index is 697. The van der Waals surface area contributed by atoms with Gasteiger partial charge in [0, 0.05) is 53.2 Å². The van der Waals surface area contributed by atoms with E-state index in [0.29, 0.717) is 39.1 Å². The summed E-state index contributed by atoms with van der Waals surface area (Å²) in [6.45, 7) is 8.01. The quantitative estimate of drug-likeness (QED) is 0.396. The molecule has 30 heavy (non-hydrogen) atoms. The molecule has 172 valence electrons. The highest BCUT2D eigenvalue weighted by atomic mass is 32.2. The minimum atomic E-state index is -3.16. The molecule has 2 fully saturated rings. The zero-order valence-electron chi connectivity index (χ0n) is 17.9. The van der Waals surface area contributed by atoms with Crippen molar-refractivity contribution < 1.29 is 27.9 Å². The van der Waals surface area contributed by atoms with E-state index in [1.165, 1.54) is 4.31 Å². The van der Waals surface area contributed by atoms with Crippen LogP contribution in [0, 0.1) is 5.92 Å². The topological polar surface area (TPSA) is 119 Å². The van der Waals surface area contributed by atoms with Crippen LogP contribution in [0.15, 0.2) is 12.7 Å². The molecule has 2 aliphatic heterocycles. The zero-order valence-corrected chi connectivity index (χ0v) is 18.7. The van der Waals surface area contributed by atoms with Crippen molar-refractivity contribution in [2.45, 2.75) is 19.3 Å². The number of rotatable bonds is 8. The van der Waals surface area contributed by atoms with Crippen molar-refractivity contribution in [3.8, 4) is 0 Å². The molecular formula is C19H34N4O6S. The Morgan fingerprint density at radius 2 is 1.93 bits per heavy atom. The van der Waals surface area contributed by atoms with Gasteiger partial charge in [-0.15, -0.1) is 6.58 Å². The highest BCUT2D eigenvalue weighted by Gasteiger charge is 2.36. The maximum absolute atomic E-state index is 12.8.